The molecule has 10 heteroatoms. The summed E-state index contributed by atoms with van der Waals surface area (Å²) in [6.45, 7) is 1.07. The van der Waals surface area contributed by atoms with Gasteiger partial charge in [-0.1, -0.05) is 0 Å². The van der Waals surface area contributed by atoms with Crippen LogP contribution in [0.3, 0.4) is 0 Å². The van der Waals surface area contributed by atoms with Crippen LogP contribution in [0.4, 0.5) is 4.39 Å². The Morgan fingerprint density at radius 1 is 1.32 bits per heavy atom. The number of rotatable bonds is 7. The third-order valence-corrected chi connectivity index (χ3v) is 6.74. The molecule has 2 N–H and O–H groups in total. The normalized spacial score (nSPS) is 13.6. The van der Waals surface area contributed by atoms with E-state index in [1.165, 1.54) is 54.5 Å². The molecule has 0 radical (unpaired) electrons. The number of nitrogens with zero attached hydrogens (tertiary/aromatic N) is 1. The predicted octanol–water partition coefficient (Wildman–Crippen LogP) is 1.36. The molecule has 1 atom stereocenters. The van der Waals surface area contributed by atoms with Crippen LogP contribution in [0, 0.1) is 5.82 Å². The molecule has 0 aliphatic heterocycles. The van der Waals surface area contributed by atoms with E-state index >= 15 is 0 Å². The molecule has 1 aromatic carbocycles. The van der Waals surface area contributed by atoms with Gasteiger partial charge in [-0.05, 0) is 37.1 Å². The number of benzene rings is 1. The van der Waals surface area contributed by atoms with Crippen molar-refractivity contribution in [2.45, 2.75) is 24.6 Å². The Morgan fingerprint density at radius 2 is 2.00 bits per heavy atom. The van der Waals surface area contributed by atoms with Crippen molar-refractivity contribution in [3.8, 4) is 16.9 Å². The lowest BCUT2D eigenvalue weighted by Crippen LogP contribution is -2.49. The minimum Gasteiger partial charge on any atom is -0.497 e. The third kappa shape index (κ3) is 4.23. The van der Waals surface area contributed by atoms with Crippen LogP contribution in [0.1, 0.15) is 13.3 Å². The molecule has 152 valence electrons. The quantitative estimate of drug-likeness (QED) is 0.524. The van der Waals surface area contributed by atoms with Crippen LogP contribution in [0.15, 0.2) is 41.3 Å². The van der Waals surface area contributed by atoms with Gasteiger partial charge in [-0.3, -0.25) is 14.8 Å². The molecule has 2 aromatic rings. The van der Waals surface area contributed by atoms with E-state index in [0.29, 0.717) is 11.3 Å². The summed E-state index contributed by atoms with van der Waals surface area (Å²) in [5.41, 5.74) is 1.42. The minimum atomic E-state index is -3.87. The molecule has 0 spiro atoms. The van der Waals surface area contributed by atoms with Crippen LogP contribution in [0.25, 0.3) is 11.1 Å². The van der Waals surface area contributed by atoms with Crippen molar-refractivity contribution in [2.75, 3.05) is 13.4 Å². The highest BCUT2D eigenvalue weighted by Gasteiger charge is 2.43. The Labute approximate surface area is 161 Å². The number of hydrogen-bond acceptors (Lipinski definition) is 6. The predicted molar refractivity (Wildman–Crippen MR) is 100 cm³/mol. The van der Waals surface area contributed by atoms with Crippen molar-refractivity contribution >= 4 is 15.7 Å². The van der Waals surface area contributed by atoms with Gasteiger partial charge in [-0.25, -0.2) is 18.3 Å². The van der Waals surface area contributed by atoms with Gasteiger partial charge in [0.25, 0.3) is 11.5 Å². The molecule has 0 fully saturated rings. The Morgan fingerprint density at radius 3 is 2.50 bits per heavy atom. The number of hydrogen-bond donors (Lipinski definition) is 2. The highest BCUT2D eigenvalue weighted by molar-refractivity contribution is 7.92. The summed E-state index contributed by atoms with van der Waals surface area (Å²) in [6.07, 6.45) is 2.02. The SMILES string of the molecule is COc1ccc(-c2ccn(CC[C@](C)(C(=O)NO)S(C)(=O)=O)c(=O)c2)c(F)c1. The minimum absolute atomic E-state index is 0.0960. The number of hydroxylamine groups is 1. The topological polar surface area (TPSA) is 115 Å². The van der Waals surface area contributed by atoms with Crippen molar-refractivity contribution in [3.63, 3.8) is 0 Å². The van der Waals surface area contributed by atoms with Crippen molar-refractivity contribution in [3.05, 3.63) is 52.7 Å². The monoisotopic (exact) mass is 412 g/mol. The average Bonchev–Trinajstić information content (AvgIpc) is 2.64. The molecule has 28 heavy (non-hydrogen) atoms. The summed E-state index contributed by atoms with van der Waals surface area (Å²) < 4.78 is 42.4. The van der Waals surface area contributed by atoms with Crippen molar-refractivity contribution < 1.29 is 27.5 Å². The Kier molecular flexibility index (Phi) is 6.25. The van der Waals surface area contributed by atoms with Crippen LogP contribution in [-0.4, -0.2) is 42.2 Å². The lowest BCUT2D eigenvalue weighted by Gasteiger charge is -2.25. The highest BCUT2D eigenvalue weighted by atomic mass is 32.2. The Bertz CT molecular complexity index is 1050. The summed E-state index contributed by atoms with van der Waals surface area (Å²) in [7, 11) is -2.46. The van der Waals surface area contributed by atoms with Gasteiger partial charge < -0.3 is 9.30 Å². The molecular weight excluding hydrogens is 391 g/mol. The van der Waals surface area contributed by atoms with E-state index in [2.05, 4.69) is 0 Å². The highest BCUT2D eigenvalue weighted by Crippen LogP contribution is 2.26. The number of carbonyl (C=O) groups is 1. The molecule has 0 aliphatic carbocycles. The molecular formula is C18H21FN2O6S. The van der Waals surface area contributed by atoms with Gasteiger partial charge in [-0.15, -0.1) is 0 Å². The van der Waals surface area contributed by atoms with Crippen LogP contribution in [0.5, 0.6) is 5.75 Å². The molecule has 1 aromatic heterocycles. The standard InChI is InChI=1S/C18H21FN2O6S/c1-18(17(23)20-24,28(3,25)26)7-9-21-8-6-12(10-16(21)22)14-5-4-13(27-2)11-15(14)19/h4-6,8,10-11,24H,7,9H2,1-3H3,(H,20,23)/t18-/m1/s1. The van der Waals surface area contributed by atoms with Gasteiger partial charge in [0.15, 0.2) is 14.6 Å². The average molecular weight is 412 g/mol. The Hall–Kier alpha value is -2.72. The molecule has 0 saturated heterocycles. The van der Waals surface area contributed by atoms with Crippen LogP contribution < -0.4 is 15.8 Å². The molecule has 0 unspecified atom stereocenters. The fraction of sp³-hybridized carbons (Fsp3) is 0.333. The van der Waals surface area contributed by atoms with Crippen LogP contribution >= 0.6 is 0 Å². The van der Waals surface area contributed by atoms with Crippen LogP contribution in [-0.2, 0) is 21.2 Å². The van der Waals surface area contributed by atoms with E-state index in [1.54, 1.807) is 6.07 Å². The van der Waals surface area contributed by atoms with Crippen molar-refractivity contribution in [2.24, 2.45) is 0 Å². The molecule has 2 rings (SSSR count). The van der Waals surface area contributed by atoms with Gasteiger partial charge in [0.2, 0.25) is 0 Å². The molecule has 0 aliphatic rings. The van der Waals surface area contributed by atoms with Gasteiger partial charge in [0.1, 0.15) is 11.6 Å². The van der Waals surface area contributed by atoms with E-state index in [9.17, 15) is 22.4 Å². The first-order valence-corrected chi connectivity index (χ1v) is 10.1. The molecule has 1 amide bonds. The fourth-order valence-electron chi connectivity index (χ4n) is 2.64. The van der Waals surface area contributed by atoms with E-state index < -0.39 is 31.9 Å². The number of amides is 1. The maximum Gasteiger partial charge on any atom is 0.264 e. The fourth-order valence-corrected chi connectivity index (χ4v) is 3.48. The van der Waals surface area contributed by atoms with Gasteiger partial charge in [0, 0.05) is 36.7 Å². The van der Waals surface area contributed by atoms with Crippen LogP contribution in [0.2, 0.25) is 0 Å². The number of sulfone groups is 1. The number of aryl methyl sites for hydroxylation is 1. The second-order valence-corrected chi connectivity index (χ2v) is 8.93. The number of methoxy groups -OCH3 is 1. The molecule has 0 bridgehead atoms. The zero-order valence-corrected chi connectivity index (χ0v) is 16.4. The zero-order valence-electron chi connectivity index (χ0n) is 15.6. The number of pyridine rings is 1. The smallest absolute Gasteiger partial charge is 0.264 e. The first kappa shape index (κ1) is 21.6. The van der Waals surface area contributed by atoms with E-state index in [0.717, 1.165) is 6.26 Å². The van der Waals surface area contributed by atoms with E-state index in [4.69, 9.17) is 9.94 Å². The summed E-state index contributed by atoms with van der Waals surface area (Å²) in [6, 6.07) is 6.98. The largest absolute Gasteiger partial charge is 0.497 e. The summed E-state index contributed by atoms with van der Waals surface area (Å²) in [5.74, 6) is -1.29. The van der Waals surface area contributed by atoms with Crippen molar-refractivity contribution in [1.29, 1.82) is 0 Å². The maximum atomic E-state index is 14.2. The maximum absolute atomic E-state index is 14.2. The number of aromatic nitrogens is 1. The van der Waals surface area contributed by atoms with E-state index in [-0.39, 0.29) is 18.5 Å². The van der Waals surface area contributed by atoms with Gasteiger partial charge >= 0.3 is 0 Å². The molecule has 8 nitrogen and oxygen atoms in total. The number of carbonyl (C=O) groups excluding carboxylic acids is 1. The van der Waals surface area contributed by atoms with Gasteiger partial charge in [-0.2, -0.15) is 0 Å². The second-order valence-electron chi connectivity index (χ2n) is 6.49. The van der Waals surface area contributed by atoms with E-state index in [1.807, 2.05) is 0 Å². The van der Waals surface area contributed by atoms with Gasteiger partial charge in [0.05, 0.1) is 7.11 Å². The third-order valence-electron chi connectivity index (χ3n) is 4.71. The molecule has 1 heterocycles. The summed E-state index contributed by atoms with van der Waals surface area (Å²) >= 11 is 0. The second kappa shape index (κ2) is 8.11. The Balaban J connectivity index is 2.30. The molecule has 0 saturated carbocycles. The number of ether oxygens (including phenoxy) is 1. The number of halogens is 1. The first-order chi connectivity index (χ1) is 13.0. The van der Waals surface area contributed by atoms with Crippen molar-refractivity contribution in [1.82, 2.24) is 10.0 Å². The summed E-state index contributed by atoms with van der Waals surface area (Å²) in [4.78, 5) is 24.2. The first-order valence-electron chi connectivity index (χ1n) is 8.22. The zero-order chi connectivity index (χ0) is 21.1. The number of nitrogens with one attached hydrogen (secondary N) is 1. The lowest BCUT2D eigenvalue weighted by molar-refractivity contribution is -0.131. The summed E-state index contributed by atoms with van der Waals surface area (Å²) in [5, 5.41) is 8.83. The lowest BCUT2D eigenvalue weighted by atomic mass is 10.1.